The molecule has 0 heterocycles. The molecule has 4 aromatic rings. The minimum Gasteiger partial charge on any atom is -0.999 e. The molecule has 0 fully saturated rings. The zero-order valence-corrected chi connectivity index (χ0v) is 17.5. The molecule has 0 aliphatic rings. The number of rotatable bonds is 6. The van der Waals surface area contributed by atoms with E-state index in [0.717, 1.165) is 5.56 Å². The Morgan fingerprint density at radius 1 is 1.03 bits per heavy atom. The zero-order chi connectivity index (χ0) is 20.3. The summed E-state index contributed by atoms with van der Waals surface area (Å²) in [5.74, 6) is 0.287. The molecule has 0 aromatic heterocycles. The molecular formula is C26H13ClFeO2-10. The summed E-state index contributed by atoms with van der Waals surface area (Å²) >= 11 is 6.02. The first-order chi connectivity index (χ1) is 14.2. The van der Waals surface area contributed by atoms with E-state index in [9.17, 15) is 4.79 Å². The van der Waals surface area contributed by atoms with Crippen LogP contribution < -0.4 is 4.74 Å². The second-order valence-corrected chi connectivity index (χ2v) is 6.15. The van der Waals surface area contributed by atoms with Crippen LogP contribution in [0.1, 0.15) is 21.5 Å². The van der Waals surface area contributed by atoms with E-state index in [1.165, 1.54) is 6.08 Å². The Hall–Kier alpha value is -2.84. The Bertz CT molecular complexity index is 1000. The summed E-state index contributed by atoms with van der Waals surface area (Å²) in [6.07, 6.45) is 3.04. The van der Waals surface area contributed by atoms with Crippen LogP contribution >= 0.6 is 11.6 Å². The van der Waals surface area contributed by atoms with Gasteiger partial charge in [0.2, 0.25) is 0 Å². The van der Waals surface area contributed by atoms with Crippen molar-refractivity contribution in [3.63, 3.8) is 0 Å². The standard InChI is InChI=1S/C21H12ClO2.C5H.Fe/c22-18-11-13-21(24-15-17-8-2-1-3-9-17)19(14-18)20(23)12-10-16-6-4-5-7-16;1-2-4-5-3-1;/h1-3,8-14H,15H2;1H;/q2*-5;. The summed E-state index contributed by atoms with van der Waals surface area (Å²) < 4.78 is 5.80. The third kappa shape index (κ3) is 7.53. The van der Waals surface area contributed by atoms with Crippen LogP contribution in [0.5, 0.6) is 5.75 Å². The molecule has 4 rings (SSSR count). The van der Waals surface area contributed by atoms with E-state index in [1.54, 1.807) is 30.3 Å². The Balaban J connectivity index is 0.000000468. The van der Waals surface area contributed by atoms with Gasteiger partial charge in [0, 0.05) is 33.4 Å². The van der Waals surface area contributed by atoms with Crippen LogP contribution in [0, 0.1) is 48.5 Å². The van der Waals surface area contributed by atoms with E-state index in [2.05, 4.69) is 48.5 Å². The van der Waals surface area contributed by atoms with Crippen molar-refractivity contribution < 1.29 is 26.6 Å². The van der Waals surface area contributed by atoms with Crippen molar-refractivity contribution in [2.75, 3.05) is 0 Å². The molecule has 30 heavy (non-hydrogen) atoms. The second-order valence-electron chi connectivity index (χ2n) is 5.71. The number of allylic oxidation sites excluding steroid dienone is 1. The van der Waals surface area contributed by atoms with E-state index >= 15 is 0 Å². The van der Waals surface area contributed by atoms with Crippen molar-refractivity contribution in [2.45, 2.75) is 6.61 Å². The first-order valence-corrected chi connectivity index (χ1v) is 9.00. The monoisotopic (exact) mass is 448 g/mol. The van der Waals surface area contributed by atoms with Gasteiger partial charge in [0.05, 0.1) is 0 Å². The van der Waals surface area contributed by atoms with E-state index in [1.807, 2.05) is 30.3 Å². The van der Waals surface area contributed by atoms with Gasteiger partial charge in [0.25, 0.3) is 0 Å². The molecule has 4 heteroatoms. The first-order valence-electron chi connectivity index (χ1n) is 8.63. The van der Waals surface area contributed by atoms with Crippen LogP contribution in [-0.4, -0.2) is 5.78 Å². The first kappa shape index (κ1) is 23.4. The van der Waals surface area contributed by atoms with Crippen molar-refractivity contribution in [3.05, 3.63) is 131 Å². The smallest absolute Gasteiger partial charge is 0.128 e. The largest absolute Gasteiger partial charge is 0.999 e. The molecule has 0 aliphatic carbocycles. The van der Waals surface area contributed by atoms with Crippen LogP contribution in [0.2, 0.25) is 5.02 Å². The van der Waals surface area contributed by atoms with Crippen LogP contribution in [-0.2, 0) is 23.7 Å². The molecule has 0 N–H and O–H groups in total. The van der Waals surface area contributed by atoms with Crippen molar-refractivity contribution in [1.82, 2.24) is 0 Å². The van der Waals surface area contributed by atoms with Gasteiger partial charge in [-0.3, -0.25) is 0 Å². The van der Waals surface area contributed by atoms with Crippen LogP contribution in [0.3, 0.4) is 0 Å². The molecule has 154 valence electrons. The quantitative estimate of drug-likeness (QED) is 0.172. The third-order valence-electron chi connectivity index (χ3n) is 3.65. The molecule has 0 aliphatic heterocycles. The molecule has 0 spiro atoms. The molecular weight excluding hydrogens is 436 g/mol. The number of hydrogen-bond donors (Lipinski definition) is 0. The minimum atomic E-state index is -0.205. The van der Waals surface area contributed by atoms with Crippen LogP contribution in [0.15, 0.2) is 60.7 Å². The Morgan fingerprint density at radius 3 is 2.37 bits per heavy atom. The van der Waals surface area contributed by atoms with Gasteiger partial charge >= 0.3 is 0 Å². The predicted molar refractivity (Wildman–Crippen MR) is 110 cm³/mol. The van der Waals surface area contributed by atoms with Crippen molar-refractivity contribution in [1.29, 1.82) is 0 Å². The molecule has 0 amide bonds. The third-order valence-corrected chi connectivity index (χ3v) is 3.89. The molecule has 0 saturated heterocycles. The van der Waals surface area contributed by atoms with Gasteiger partial charge in [-0.1, -0.05) is 41.9 Å². The van der Waals surface area contributed by atoms with E-state index in [4.69, 9.17) is 16.3 Å². The van der Waals surface area contributed by atoms with Gasteiger partial charge in [-0.15, -0.1) is 0 Å². The van der Waals surface area contributed by atoms with Crippen LogP contribution in [0.25, 0.3) is 6.08 Å². The average Bonchev–Trinajstić information content (AvgIpc) is 3.48. The summed E-state index contributed by atoms with van der Waals surface area (Å²) in [5.41, 5.74) is 2.06. The molecule has 2 nitrogen and oxygen atoms in total. The maximum Gasteiger partial charge on any atom is 0.128 e. The number of benzene rings is 2. The average molecular weight is 449 g/mol. The molecule has 0 saturated carbocycles. The maximum atomic E-state index is 12.5. The molecule has 0 bridgehead atoms. The van der Waals surface area contributed by atoms with E-state index < -0.39 is 0 Å². The van der Waals surface area contributed by atoms with Gasteiger partial charge in [-0.2, -0.15) is 0 Å². The SMILES string of the molecule is O=C(C=C[c-]1[c-][c-][c-][c-]1)c1cc(Cl)ccc1OCc1ccccc1.[Fe].[c-]1[c-][c-][cH-][c-]1. The summed E-state index contributed by atoms with van der Waals surface area (Å²) in [7, 11) is 0. The topological polar surface area (TPSA) is 26.3 Å². The number of hydrogen-bond acceptors (Lipinski definition) is 2. The fourth-order valence-electron chi connectivity index (χ4n) is 2.30. The number of ether oxygens (including phenoxy) is 1. The van der Waals surface area contributed by atoms with Crippen LogP contribution in [0.4, 0.5) is 0 Å². The molecule has 0 radical (unpaired) electrons. The fraction of sp³-hybridized carbons (Fsp3) is 0.0385. The fourth-order valence-corrected chi connectivity index (χ4v) is 2.47. The van der Waals surface area contributed by atoms with E-state index in [-0.39, 0.29) is 22.9 Å². The second kappa shape index (κ2) is 12.7. The predicted octanol–water partition coefficient (Wildman–Crippen LogP) is 5.34. The zero-order valence-electron chi connectivity index (χ0n) is 15.6. The van der Waals surface area contributed by atoms with Crippen molar-refractivity contribution >= 4 is 23.5 Å². The molecule has 4 aromatic carbocycles. The summed E-state index contributed by atoms with van der Waals surface area (Å²) in [6, 6.07) is 37.6. The van der Waals surface area contributed by atoms with Gasteiger partial charge in [-0.25, -0.2) is 0 Å². The Labute approximate surface area is 193 Å². The Morgan fingerprint density at radius 2 is 1.73 bits per heavy atom. The van der Waals surface area contributed by atoms with Gasteiger partial charge < -0.3 is 81.8 Å². The Kier molecular flexibility index (Phi) is 9.89. The van der Waals surface area contributed by atoms with Gasteiger partial charge in [0.15, 0.2) is 0 Å². The minimum absolute atomic E-state index is 0. The normalized spacial score (nSPS) is 10.0. The number of ketones is 1. The van der Waals surface area contributed by atoms with Gasteiger partial charge in [-0.05, 0) is 23.8 Å². The molecule has 0 atom stereocenters. The van der Waals surface area contributed by atoms with Crippen molar-refractivity contribution in [3.8, 4) is 5.75 Å². The van der Waals surface area contributed by atoms with E-state index in [0.29, 0.717) is 28.5 Å². The number of halogens is 1. The van der Waals surface area contributed by atoms with Crippen molar-refractivity contribution in [2.24, 2.45) is 0 Å². The maximum absolute atomic E-state index is 12.5. The number of carbonyl (C=O) groups is 1. The summed E-state index contributed by atoms with van der Waals surface area (Å²) in [4.78, 5) is 12.5. The summed E-state index contributed by atoms with van der Waals surface area (Å²) in [6.45, 7) is 0.376. The molecule has 0 unspecified atom stereocenters. The summed E-state index contributed by atoms with van der Waals surface area (Å²) in [5, 5.41) is 0.479. The number of carbonyl (C=O) groups excluding carboxylic acids is 1. The van der Waals surface area contributed by atoms with Gasteiger partial charge in [0.1, 0.15) is 12.4 Å².